The van der Waals surface area contributed by atoms with Gasteiger partial charge in [0.1, 0.15) is 0 Å². The van der Waals surface area contributed by atoms with E-state index in [2.05, 4.69) is 30.5 Å². The smallest absolute Gasteiger partial charge is 0.176 e. The first-order chi connectivity index (χ1) is 8.99. The van der Waals surface area contributed by atoms with Crippen LogP contribution in [0.25, 0.3) is 5.69 Å². The minimum Gasteiger partial charge on any atom is -0.319 e. The predicted molar refractivity (Wildman–Crippen MR) is 78.1 cm³/mol. The van der Waals surface area contributed by atoms with Crippen molar-refractivity contribution in [3.8, 4) is 5.69 Å². The Morgan fingerprint density at radius 2 is 1.53 bits per heavy atom. The first-order valence-corrected chi connectivity index (χ1v) is 6.42. The summed E-state index contributed by atoms with van der Waals surface area (Å²) in [5.74, 6) is 0.150. The normalized spacial score (nSPS) is 11.0. The van der Waals surface area contributed by atoms with Crippen molar-refractivity contribution in [2.45, 2.75) is 13.8 Å². The zero-order valence-electron chi connectivity index (χ0n) is 12.0. The van der Waals surface area contributed by atoms with Crippen LogP contribution >= 0.6 is 0 Å². The molecule has 0 N–H and O–H groups in total. The van der Waals surface area contributed by atoms with Crippen LogP contribution in [0, 0.1) is 13.8 Å². The first-order valence-electron chi connectivity index (χ1n) is 6.42. The minimum absolute atomic E-state index is 0.150. The molecule has 19 heavy (non-hydrogen) atoms. The Labute approximate surface area is 114 Å². The maximum atomic E-state index is 11.9. The largest absolute Gasteiger partial charge is 0.319 e. The summed E-state index contributed by atoms with van der Waals surface area (Å²) in [7, 11) is 3.80. The molecule has 1 aromatic carbocycles. The number of aryl methyl sites for hydroxylation is 2. The number of carbonyl (C=O) groups excluding carboxylic acids is 1. The summed E-state index contributed by atoms with van der Waals surface area (Å²) in [5, 5.41) is 0. The summed E-state index contributed by atoms with van der Waals surface area (Å²) in [4.78, 5) is 13.8. The predicted octanol–water partition coefficient (Wildman–Crippen LogP) is 2.84. The van der Waals surface area contributed by atoms with Gasteiger partial charge in [0, 0.05) is 22.6 Å². The lowest BCUT2D eigenvalue weighted by atomic mass is 10.1. The topological polar surface area (TPSA) is 25.2 Å². The Bertz CT molecular complexity index is 560. The second-order valence-electron chi connectivity index (χ2n) is 5.16. The average molecular weight is 256 g/mol. The van der Waals surface area contributed by atoms with Crippen molar-refractivity contribution in [2.24, 2.45) is 0 Å². The average Bonchev–Trinajstić information content (AvgIpc) is 2.68. The van der Waals surface area contributed by atoms with E-state index in [4.69, 9.17) is 0 Å². The van der Waals surface area contributed by atoms with Gasteiger partial charge in [-0.25, -0.2) is 0 Å². The van der Waals surface area contributed by atoms with Crippen LogP contribution in [-0.4, -0.2) is 35.9 Å². The fourth-order valence-corrected chi connectivity index (χ4v) is 2.25. The molecule has 0 atom stereocenters. The first kappa shape index (κ1) is 13.6. The third-order valence-corrected chi connectivity index (χ3v) is 3.18. The Morgan fingerprint density at radius 3 is 2.00 bits per heavy atom. The van der Waals surface area contributed by atoms with Gasteiger partial charge in [-0.05, 0) is 64.3 Å². The van der Waals surface area contributed by atoms with E-state index >= 15 is 0 Å². The van der Waals surface area contributed by atoms with Crippen LogP contribution in [0.2, 0.25) is 0 Å². The third-order valence-electron chi connectivity index (χ3n) is 3.18. The van der Waals surface area contributed by atoms with Crippen LogP contribution in [-0.2, 0) is 0 Å². The van der Waals surface area contributed by atoms with E-state index in [0.717, 1.165) is 11.3 Å². The molecule has 0 saturated carbocycles. The van der Waals surface area contributed by atoms with Crippen molar-refractivity contribution in [2.75, 3.05) is 20.6 Å². The molecular formula is C16H20N2O. The second kappa shape index (κ2) is 5.41. The molecule has 0 bridgehead atoms. The van der Waals surface area contributed by atoms with E-state index < -0.39 is 0 Å². The highest BCUT2D eigenvalue weighted by Crippen LogP contribution is 2.17. The summed E-state index contributed by atoms with van der Waals surface area (Å²) >= 11 is 0. The summed E-state index contributed by atoms with van der Waals surface area (Å²) < 4.78 is 2.18. The van der Waals surface area contributed by atoms with Crippen LogP contribution in [0.4, 0.5) is 0 Å². The zero-order chi connectivity index (χ0) is 14.0. The summed E-state index contributed by atoms with van der Waals surface area (Å²) in [5.41, 5.74) is 4.26. The van der Waals surface area contributed by atoms with Crippen LogP contribution in [0.1, 0.15) is 21.7 Å². The number of aromatic nitrogens is 1. The molecule has 0 spiro atoms. The van der Waals surface area contributed by atoms with Crippen molar-refractivity contribution in [3.05, 3.63) is 53.3 Å². The van der Waals surface area contributed by atoms with Gasteiger partial charge in [0.15, 0.2) is 5.78 Å². The molecule has 3 heteroatoms. The van der Waals surface area contributed by atoms with Crippen molar-refractivity contribution in [1.29, 1.82) is 0 Å². The number of Topliss-reactive ketones (excluding diaryl/α,β-unsaturated/α-hetero) is 1. The number of hydrogen-bond acceptors (Lipinski definition) is 2. The fourth-order valence-electron chi connectivity index (χ4n) is 2.25. The molecule has 2 aromatic rings. The standard InChI is InChI=1S/C16H20N2O/c1-12-5-6-13(2)18(12)15-9-7-14(8-10-15)16(19)11-17(3)4/h5-10H,11H2,1-4H3. The van der Waals surface area contributed by atoms with E-state index in [0.29, 0.717) is 6.54 Å². The molecule has 0 unspecified atom stereocenters. The summed E-state index contributed by atoms with van der Waals surface area (Å²) in [6.07, 6.45) is 0. The highest BCUT2D eigenvalue weighted by Gasteiger charge is 2.08. The third kappa shape index (κ3) is 2.93. The van der Waals surface area contributed by atoms with Crippen LogP contribution < -0.4 is 0 Å². The van der Waals surface area contributed by atoms with Crippen molar-refractivity contribution in [3.63, 3.8) is 0 Å². The van der Waals surface area contributed by atoms with Gasteiger partial charge in [-0.3, -0.25) is 4.79 Å². The number of nitrogens with zero attached hydrogens (tertiary/aromatic N) is 2. The van der Waals surface area contributed by atoms with Gasteiger partial charge >= 0.3 is 0 Å². The maximum absolute atomic E-state index is 11.9. The van der Waals surface area contributed by atoms with Gasteiger partial charge in [0.05, 0.1) is 6.54 Å². The molecule has 0 aliphatic heterocycles. The molecule has 1 heterocycles. The monoisotopic (exact) mass is 256 g/mol. The van der Waals surface area contributed by atoms with E-state index in [9.17, 15) is 4.79 Å². The molecule has 0 aliphatic carbocycles. The van der Waals surface area contributed by atoms with Gasteiger partial charge in [0.25, 0.3) is 0 Å². The van der Waals surface area contributed by atoms with Gasteiger partial charge in [-0.15, -0.1) is 0 Å². The maximum Gasteiger partial charge on any atom is 0.176 e. The van der Waals surface area contributed by atoms with Crippen molar-refractivity contribution < 1.29 is 4.79 Å². The van der Waals surface area contributed by atoms with Crippen molar-refractivity contribution in [1.82, 2.24) is 9.47 Å². The lowest BCUT2D eigenvalue weighted by molar-refractivity contribution is 0.0958. The highest BCUT2D eigenvalue weighted by atomic mass is 16.1. The molecular weight excluding hydrogens is 236 g/mol. The SMILES string of the molecule is Cc1ccc(C)n1-c1ccc(C(=O)CN(C)C)cc1. The Kier molecular flexibility index (Phi) is 3.86. The molecule has 2 rings (SSSR count). The van der Waals surface area contributed by atoms with Gasteiger partial charge in [0.2, 0.25) is 0 Å². The molecule has 0 radical (unpaired) electrons. The highest BCUT2D eigenvalue weighted by molar-refractivity contribution is 5.97. The lowest BCUT2D eigenvalue weighted by Gasteiger charge is -2.11. The van der Waals surface area contributed by atoms with Gasteiger partial charge in [-0.1, -0.05) is 0 Å². The Hall–Kier alpha value is -1.87. The zero-order valence-corrected chi connectivity index (χ0v) is 12.0. The molecule has 0 saturated heterocycles. The summed E-state index contributed by atoms with van der Waals surface area (Å²) in [6, 6.07) is 12.0. The van der Waals surface area contributed by atoms with E-state index in [-0.39, 0.29) is 5.78 Å². The summed E-state index contributed by atoms with van der Waals surface area (Å²) in [6.45, 7) is 4.61. The van der Waals surface area contributed by atoms with Crippen LogP contribution in [0.3, 0.4) is 0 Å². The Balaban J connectivity index is 2.26. The van der Waals surface area contributed by atoms with Gasteiger partial charge in [-0.2, -0.15) is 0 Å². The van der Waals surface area contributed by atoms with E-state index in [1.807, 2.05) is 43.3 Å². The number of carbonyl (C=O) groups is 1. The molecule has 1 aromatic heterocycles. The number of benzene rings is 1. The quantitative estimate of drug-likeness (QED) is 0.786. The van der Waals surface area contributed by atoms with Gasteiger partial charge < -0.3 is 9.47 Å². The molecule has 0 aliphatic rings. The molecule has 0 amide bonds. The second-order valence-corrected chi connectivity index (χ2v) is 5.16. The lowest BCUT2D eigenvalue weighted by Crippen LogP contribution is -2.21. The molecule has 0 fully saturated rings. The number of hydrogen-bond donors (Lipinski definition) is 0. The van der Waals surface area contributed by atoms with E-state index in [1.165, 1.54) is 11.4 Å². The van der Waals surface area contributed by atoms with E-state index in [1.54, 1.807) is 0 Å². The number of ketones is 1. The minimum atomic E-state index is 0.150. The van der Waals surface area contributed by atoms with Crippen molar-refractivity contribution >= 4 is 5.78 Å². The van der Waals surface area contributed by atoms with Crippen LogP contribution in [0.5, 0.6) is 0 Å². The number of rotatable bonds is 4. The van der Waals surface area contributed by atoms with Crippen LogP contribution in [0.15, 0.2) is 36.4 Å². The molecule has 3 nitrogen and oxygen atoms in total. The number of likely N-dealkylation sites (N-methyl/N-ethyl adjacent to an activating group) is 1. The molecule has 100 valence electrons. The fraction of sp³-hybridized carbons (Fsp3) is 0.312. The Morgan fingerprint density at radius 1 is 1.00 bits per heavy atom.